The molecule has 0 aliphatic carbocycles. The van der Waals surface area contributed by atoms with Crippen molar-refractivity contribution in [2.75, 3.05) is 29.4 Å². The Morgan fingerprint density at radius 1 is 1.16 bits per heavy atom. The van der Waals surface area contributed by atoms with E-state index in [9.17, 15) is 22.8 Å². The van der Waals surface area contributed by atoms with E-state index in [4.69, 9.17) is 14.7 Å². The van der Waals surface area contributed by atoms with E-state index in [0.717, 1.165) is 32.5 Å². The van der Waals surface area contributed by atoms with E-state index < -0.39 is 30.1 Å². The van der Waals surface area contributed by atoms with Gasteiger partial charge in [0.2, 0.25) is 17.7 Å². The van der Waals surface area contributed by atoms with E-state index in [1.54, 1.807) is 11.3 Å². The average molecular weight is 553 g/mol. The van der Waals surface area contributed by atoms with Gasteiger partial charge in [-0.2, -0.15) is 18.2 Å². The van der Waals surface area contributed by atoms with Crippen LogP contribution in [0.3, 0.4) is 0 Å². The van der Waals surface area contributed by atoms with Crippen molar-refractivity contribution in [2.24, 2.45) is 0 Å². The molecule has 1 saturated heterocycles. The first-order valence-corrected chi connectivity index (χ1v) is 13.1. The first kappa shape index (κ1) is 26.1. The second kappa shape index (κ2) is 10.0. The zero-order valence-corrected chi connectivity index (χ0v) is 21.9. The van der Waals surface area contributed by atoms with E-state index in [0.29, 0.717) is 18.3 Å². The van der Waals surface area contributed by atoms with Crippen molar-refractivity contribution in [3.8, 4) is 0 Å². The highest BCUT2D eigenvalue weighted by Gasteiger charge is 2.40. The van der Waals surface area contributed by atoms with Gasteiger partial charge in [-0.05, 0) is 12.5 Å². The van der Waals surface area contributed by atoms with Crippen LogP contribution < -0.4 is 15.1 Å². The van der Waals surface area contributed by atoms with Crippen molar-refractivity contribution >= 4 is 45.2 Å². The molecule has 204 valence electrons. The predicted molar refractivity (Wildman–Crippen MR) is 133 cm³/mol. The lowest BCUT2D eigenvalue weighted by Crippen LogP contribution is -2.43. The smallest absolute Gasteiger partial charge is 0.451 e. The Bertz CT molecular complexity index is 1350. The molecule has 1 amide bonds. The van der Waals surface area contributed by atoms with Crippen LogP contribution >= 0.6 is 11.3 Å². The highest BCUT2D eigenvalue weighted by molar-refractivity contribution is 7.18. The summed E-state index contributed by atoms with van der Waals surface area (Å²) < 4.78 is 46.6. The minimum absolute atomic E-state index is 0.0623. The quantitative estimate of drug-likeness (QED) is 0.460. The van der Waals surface area contributed by atoms with Gasteiger partial charge in [-0.15, -0.1) is 21.5 Å². The fourth-order valence-corrected chi connectivity index (χ4v) is 6.03. The van der Waals surface area contributed by atoms with Crippen LogP contribution in [0.25, 0.3) is 10.2 Å². The Labute approximate surface area is 220 Å². The maximum atomic E-state index is 13.3. The number of esters is 1. The molecule has 0 bridgehead atoms. The van der Waals surface area contributed by atoms with Crippen LogP contribution in [0.5, 0.6) is 0 Å². The van der Waals surface area contributed by atoms with Gasteiger partial charge in [0.05, 0.1) is 24.5 Å². The van der Waals surface area contributed by atoms with E-state index in [1.807, 2.05) is 15.9 Å². The maximum absolute atomic E-state index is 13.3. The summed E-state index contributed by atoms with van der Waals surface area (Å²) in [6.07, 6.45) is -3.34. The number of halogens is 3. The molecule has 0 saturated carbocycles. The molecule has 2 atom stereocenters. The molecule has 5 heterocycles. The standard InChI is InChI=1S/C23H27F3N8O3S/c1-4-5-14-8-15-19(32-6-7-34-18(11-32)30-31-21(34)23(24,25)26)28-22(29-20(15)38-14)33-9-16(27-12(2)35)17(10-33)37-13(3)36/h8,16-17H,4-7,9-11H2,1-3H3,(H,27,35). The SMILES string of the molecule is CCCc1cc2c(N3CCn4c(nnc4C(F)(F)F)C3)nc(N3CC(NC(C)=O)C(OC(C)=O)C3)nc2s1. The molecule has 2 unspecified atom stereocenters. The number of hydrogen-bond acceptors (Lipinski definition) is 10. The topological polar surface area (TPSA) is 118 Å². The number of ether oxygens (including phenoxy) is 1. The molecule has 3 aromatic heterocycles. The van der Waals surface area contributed by atoms with Crippen molar-refractivity contribution in [3.05, 3.63) is 22.6 Å². The van der Waals surface area contributed by atoms with E-state index in [-0.39, 0.29) is 37.9 Å². The van der Waals surface area contributed by atoms with Crippen LogP contribution in [0.1, 0.15) is 43.7 Å². The molecule has 2 aliphatic rings. The molecular formula is C23H27F3N8O3S. The third-order valence-electron chi connectivity index (χ3n) is 6.47. The van der Waals surface area contributed by atoms with Crippen LogP contribution in [0.15, 0.2) is 6.07 Å². The average Bonchev–Trinajstić information content (AvgIpc) is 3.54. The molecule has 2 aliphatic heterocycles. The lowest BCUT2D eigenvalue weighted by atomic mass is 10.2. The summed E-state index contributed by atoms with van der Waals surface area (Å²) in [5.74, 6) is -0.503. The molecule has 11 nitrogen and oxygen atoms in total. The minimum Gasteiger partial charge on any atom is -0.458 e. The van der Waals surface area contributed by atoms with Crippen molar-refractivity contribution in [1.29, 1.82) is 0 Å². The fourth-order valence-electron chi connectivity index (χ4n) is 4.92. The summed E-state index contributed by atoms with van der Waals surface area (Å²) in [5.41, 5.74) is 0. The Kier molecular flexibility index (Phi) is 6.88. The lowest BCUT2D eigenvalue weighted by Gasteiger charge is -2.30. The monoisotopic (exact) mass is 552 g/mol. The number of carbonyl (C=O) groups excluding carboxylic acids is 2. The normalized spacial score (nSPS) is 19.6. The number of rotatable bonds is 6. The number of nitrogens with one attached hydrogen (secondary N) is 1. The van der Waals surface area contributed by atoms with Gasteiger partial charge in [-0.1, -0.05) is 13.3 Å². The number of aromatic nitrogens is 5. The number of carbonyl (C=O) groups is 2. The fraction of sp³-hybridized carbons (Fsp3) is 0.565. The van der Waals surface area contributed by atoms with Crippen molar-refractivity contribution in [3.63, 3.8) is 0 Å². The Morgan fingerprint density at radius 2 is 1.95 bits per heavy atom. The van der Waals surface area contributed by atoms with Crippen LogP contribution in [0.4, 0.5) is 24.9 Å². The molecule has 15 heteroatoms. The number of amides is 1. The summed E-state index contributed by atoms with van der Waals surface area (Å²) in [4.78, 5) is 38.7. The van der Waals surface area contributed by atoms with Gasteiger partial charge in [0.1, 0.15) is 16.8 Å². The molecule has 0 aromatic carbocycles. The zero-order chi connectivity index (χ0) is 27.2. The summed E-state index contributed by atoms with van der Waals surface area (Å²) in [5, 5.41) is 10.8. The Balaban J connectivity index is 1.51. The van der Waals surface area contributed by atoms with Crippen molar-refractivity contribution in [1.82, 2.24) is 30.0 Å². The van der Waals surface area contributed by atoms with E-state index >= 15 is 0 Å². The van der Waals surface area contributed by atoms with E-state index in [2.05, 4.69) is 22.4 Å². The third-order valence-corrected chi connectivity index (χ3v) is 7.56. The first-order chi connectivity index (χ1) is 18.0. The van der Waals surface area contributed by atoms with Gasteiger partial charge in [-0.3, -0.25) is 9.59 Å². The summed E-state index contributed by atoms with van der Waals surface area (Å²) in [6, 6.07) is 1.60. The van der Waals surface area contributed by atoms with Crippen molar-refractivity contribution < 1.29 is 27.5 Å². The summed E-state index contributed by atoms with van der Waals surface area (Å²) in [6.45, 7) is 5.86. The zero-order valence-electron chi connectivity index (χ0n) is 21.1. The van der Waals surface area contributed by atoms with Gasteiger partial charge in [0.15, 0.2) is 5.82 Å². The second-order valence-electron chi connectivity index (χ2n) is 9.40. The molecule has 1 N–H and O–H groups in total. The van der Waals surface area contributed by atoms with Gasteiger partial charge >= 0.3 is 12.1 Å². The lowest BCUT2D eigenvalue weighted by molar-refractivity contribution is -0.148. The molecule has 5 rings (SSSR count). The predicted octanol–water partition coefficient (Wildman–Crippen LogP) is 2.53. The highest BCUT2D eigenvalue weighted by atomic mass is 32.1. The Morgan fingerprint density at radius 3 is 2.63 bits per heavy atom. The minimum atomic E-state index is -4.58. The van der Waals surface area contributed by atoms with Gasteiger partial charge in [-0.25, -0.2) is 4.98 Å². The number of aryl methyl sites for hydroxylation is 1. The molecular weight excluding hydrogens is 525 g/mol. The molecule has 0 radical (unpaired) electrons. The van der Waals surface area contributed by atoms with Crippen molar-refractivity contribution in [2.45, 2.75) is 65.0 Å². The van der Waals surface area contributed by atoms with Crippen LogP contribution in [0, 0.1) is 0 Å². The largest absolute Gasteiger partial charge is 0.458 e. The van der Waals surface area contributed by atoms with Crippen LogP contribution in [0.2, 0.25) is 0 Å². The van der Waals surface area contributed by atoms with Gasteiger partial charge < -0.3 is 24.4 Å². The third kappa shape index (κ3) is 5.11. The number of anilines is 2. The molecule has 38 heavy (non-hydrogen) atoms. The van der Waals surface area contributed by atoms with Crippen LogP contribution in [-0.2, 0) is 40.0 Å². The van der Waals surface area contributed by atoms with Gasteiger partial charge in [0.25, 0.3) is 0 Å². The second-order valence-corrected chi connectivity index (χ2v) is 10.5. The summed E-state index contributed by atoms with van der Waals surface area (Å²) >= 11 is 1.55. The number of nitrogens with zero attached hydrogens (tertiary/aromatic N) is 7. The molecule has 0 spiro atoms. The highest BCUT2D eigenvalue weighted by Crippen LogP contribution is 2.36. The molecule has 1 fully saturated rings. The number of alkyl halides is 3. The van der Waals surface area contributed by atoms with E-state index in [1.165, 1.54) is 13.8 Å². The number of fused-ring (bicyclic) bond motifs is 2. The molecule has 3 aromatic rings. The summed E-state index contributed by atoms with van der Waals surface area (Å²) in [7, 11) is 0. The van der Waals surface area contributed by atoms with Crippen LogP contribution in [-0.4, -0.2) is 68.4 Å². The Hall–Kier alpha value is -3.49. The number of hydrogen-bond donors (Lipinski definition) is 1. The number of thiophene rings is 1. The first-order valence-electron chi connectivity index (χ1n) is 12.3. The van der Waals surface area contributed by atoms with Gasteiger partial charge in [0, 0.05) is 38.4 Å². The maximum Gasteiger partial charge on any atom is 0.451 e.